The Kier molecular flexibility index (Phi) is 5.43. The molecule has 0 saturated carbocycles. The Morgan fingerprint density at radius 1 is 1.27 bits per heavy atom. The number of nitrogens with zero attached hydrogens (tertiary/aromatic N) is 1. The lowest BCUT2D eigenvalue weighted by atomic mass is 10.0. The zero-order valence-electron chi connectivity index (χ0n) is 13.9. The van der Waals surface area contributed by atoms with Gasteiger partial charge in [0.15, 0.2) is 0 Å². The van der Waals surface area contributed by atoms with E-state index in [9.17, 15) is 18.7 Å². The maximum absolute atomic E-state index is 12.9. The van der Waals surface area contributed by atoms with Gasteiger partial charge in [-0.3, -0.25) is 14.6 Å². The molecule has 3 rings (SSSR count). The van der Waals surface area contributed by atoms with Crippen LogP contribution in [0.5, 0.6) is 5.75 Å². The number of H-pyrrole nitrogens is 1. The Morgan fingerprint density at radius 2 is 2.04 bits per heavy atom. The number of fused-ring (bicyclic) bond motifs is 1. The third-order valence-electron chi connectivity index (χ3n) is 4.14. The Hall–Kier alpha value is -2.19. The zero-order valence-corrected chi connectivity index (χ0v) is 15.5. The molecular formula is C18H17BrF2N2O3. The molecule has 2 N–H and O–H groups in total. The molecule has 0 bridgehead atoms. The lowest BCUT2D eigenvalue weighted by molar-refractivity contribution is -0.0508. The highest BCUT2D eigenvalue weighted by Gasteiger charge is 2.23. The molecule has 1 atom stereocenters. The summed E-state index contributed by atoms with van der Waals surface area (Å²) in [6, 6.07) is 9.59. The molecule has 0 saturated heterocycles. The van der Waals surface area contributed by atoms with Gasteiger partial charge in [-0.05, 0) is 43.2 Å². The van der Waals surface area contributed by atoms with Crippen molar-refractivity contribution in [2.75, 3.05) is 6.61 Å². The maximum atomic E-state index is 12.9. The van der Waals surface area contributed by atoms with Crippen molar-refractivity contribution >= 4 is 26.8 Å². The number of rotatable bonds is 6. The Morgan fingerprint density at radius 3 is 2.73 bits per heavy atom. The predicted octanol–water partition coefficient (Wildman–Crippen LogP) is 3.97. The minimum atomic E-state index is -2.97. The van der Waals surface area contributed by atoms with Crippen LogP contribution in [-0.4, -0.2) is 28.1 Å². The van der Waals surface area contributed by atoms with E-state index in [2.05, 4.69) is 25.8 Å². The summed E-state index contributed by atoms with van der Waals surface area (Å²) >= 11 is 3.37. The molecule has 0 fully saturated rings. The van der Waals surface area contributed by atoms with E-state index in [-0.39, 0.29) is 24.3 Å². The van der Waals surface area contributed by atoms with Gasteiger partial charge in [-0.2, -0.15) is 8.78 Å². The molecule has 26 heavy (non-hydrogen) atoms. The van der Waals surface area contributed by atoms with Crippen LogP contribution in [0, 0.1) is 6.92 Å². The quantitative estimate of drug-likeness (QED) is 0.626. The highest BCUT2D eigenvalue weighted by atomic mass is 79.9. The second kappa shape index (κ2) is 7.59. The average Bonchev–Trinajstić information content (AvgIpc) is 2.89. The molecular weight excluding hydrogens is 410 g/mol. The molecule has 0 aliphatic rings. The first-order chi connectivity index (χ1) is 12.4. The zero-order chi connectivity index (χ0) is 18.8. The Bertz CT molecular complexity index is 984. The fraction of sp³-hybridized carbons (Fsp3) is 0.278. The molecule has 1 unspecified atom stereocenters. The van der Waals surface area contributed by atoms with Crippen molar-refractivity contribution in [3.63, 3.8) is 0 Å². The van der Waals surface area contributed by atoms with Crippen molar-refractivity contribution in [1.29, 1.82) is 0 Å². The van der Waals surface area contributed by atoms with Gasteiger partial charge in [0.1, 0.15) is 5.75 Å². The van der Waals surface area contributed by atoms with E-state index in [0.717, 1.165) is 10.0 Å². The van der Waals surface area contributed by atoms with Gasteiger partial charge >= 0.3 is 6.61 Å². The molecule has 3 aromatic rings. The second-order valence-electron chi connectivity index (χ2n) is 5.92. The molecule has 0 aliphatic heterocycles. The molecule has 1 heterocycles. The summed E-state index contributed by atoms with van der Waals surface area (Å²) in [6.07, 6.45) is 0.217. The molecule has 0 aliphatic carbocycles. The number of halogens is 3. The monoisotopic (exact) mass is 426 g/mol. The maximum Gasteiger partial charge on any atom is 0.387 e. The molecule has 2 aromatic carbocycles. The van der Waals surface area contributed by atoms with Crippen LogP contribution in [0.25, 0.3) is 10.9 Å². The van der Waals surface area contributed by atoms with Gasteiger partial charge in [0.25, 0.3) is 5.56 Å². The number of benzene rings is 2. The van der Waals surface area contributed by atoms with E-state index >= 15 is 0 Å². The van der Waals surface area contributed by atoms with Gasteiger partial charge < -0.3 is 9.84 Å². The molecule has 0 spiro atoms. The molecule has 5 nitrogen and oxygen atoms in total. The number of hydrogen-bond acceptors (Lipinski definition) is 3. The van der Waals surface area contributed by atoms with Gasteiger partial charge in [-0.25, -0.2) is 0 Å². The number of nitrogens with one attached hydrogen (secondary N) is 1. The van der Waals surface area contributed by atoms with Crippen LogP contribution >= 0.6 is 15.9 Å². The van der Waals surface area contributed by atoms with Crippen LogP contribution in [0.4, 0.5) is 8.78 Å². The van der Waals surface area contributed by atoms with Crippen LogP contribution in [0.2, 0.25) is 0 Å². The number of alkyl halides is 2. The topological polar surface area (TPSA) is 67.2 Å². The SMILES string of the molecule is Cc1ccc(C(CCO)n2[nH]c(=O)c3ccc(Br)cc32)c(OC(F)F)c1. The fourth-order valence-electron chi connectivity index (χ4n) is 3.03. The van der Waals surface area contributed by atoms with Crippen LogP contribution in [-0.2, 0) is 0 Å². The van der Waals surface area contributed by atoms with E-state index in [1.54, 1.807) is 41.9 Å². The lowest BCUT2D eigenvalue weighted by Gasteiger charge is -2.22. The summed E-state index contributed by atoms with van der Waals surface area (Å²) in [5.74, 6) is 0.0242. The van der Waals surface area contributed by atoms with Gasteiger partial charge in [0.05, 0.1) is 16.9 Å². The first-order valence-corrected chi connectivity index (χ1v) is 8.76. The average molecular weight is 427 g/mol. The van der Waals surface area contributed by atoms with Crippen molar-refractivity contribution in [3.8, 4) is 5.75 Å². The number of aryl methyl sites for hydroxylation is 1. The number of aliphatic hydroxyl groups excluding tert-OH is 1. The molecule has 1 aromatic heterocycles. The summed E-state index contributed by atoms with van der Waals surface area (Å²) in [4.78, 5) is 12.3. The van der Waals surface area contributed by atoms with Crippen molar-refractivity contribution in [2.24, 2.45) is 0 Å². The number of aliphatic hydroxyl groups is 1. The summed E-state index contributed by atoms with van der Waals surface area (Å²) in [5.41, 5.74) is 1.53. The molecule has 0 radical (unpaired) electrons. The molecule has 8 heteroatoms. The summed E-state index contributed by atoms with van der Waals surface area (Å²) in [5, 5.41) is 12.7. The molecule has 138 valence electrons. The summed E-state index contributed by atoms with van der Waals surface area (Å²) in [6.45, 7) is -1.39. The summed E-state index contributed by atoms with van der Waals surface area (Å²) < 4.78 is 32.7. The van der Waals surface area contributed by atoms with Crippen LogP contribution < -0.4 is 10.3 Å². The highest BCUT2D eigenvalue weighted by molar-refractivity contribution is 9.10. The number of ether oxygens (including phenoxy) is 1. The normalized spacial score (nSPS) is 12.7. The predicted molar refractivity (Wildman–Crippen MR) is 97.9 cm³/mol. The lowest BCUT2D eigenvalue weighted by Crippen LogP contribution is -2.18. The number of aromatic nitrogens is 2. The molecule has 0 amide bonds. The fourth-order valence-corrected chi connectivity index (χ4v) is 3.38. The van der Waals surface area contributed by atoms with E-state index in [1.807, 2.05) is 0 Å². The second-order valence-corrected chi connectivity index (χ2v) is 6.84. The van der Waals surface area contributed by atoms with E-state index in [4.69, 9.17) is 0 Å². The van der Waals surface area contributed by atoms with Gasteiger partial charge in [-0.15, -0.1) is 0 Å². The first kappa shape index (κ1) is 18.6. The van der Waals surface area contributed by atoms with Crippen molar-refractivity contribution in [2.45, 2.75) is 26.0 Å². The van der Waals surface area contributed by atoms with Crippen molar-refractivity contribution in [1.82, 2.24) is 9.78 Å². The number of aromatic amines is 1. The van der Waals surface area contributed by atoms with Gasteiger partial charge in [0.2, 0.25) is 0 Å². The van der Waals surface area contributed by atoms with E-state index in [1.165, 1.54) is 6.07 Å². The minimum absolute atomic E-state index is 0.0242. The standard InChI is InChI=1S/C18H17BrF2N2O3/c1-10-2-4-12(16(8-10)26-18(20)21)14(6-7-24)23-15-9-11(19)3-5-13(15)17(25)22-23/h2-5,8-9,14,18,24H,6-7H2,1H3,(H,22,25). The van der Waals surface area contributed by atoms with Gasteiger partial charge in [0, 0.05) is 16.6 Å². The summed E-state index contributed by atoms with van der Waals surface area (Å²) in [7, 11) is 0. The Labute approximate surface area is 156 Å². The smallest absolute Gasteiger partial charge is 0.387 e. The Balaban J connectivity index is 2.20. The largest absolute Gasteiger partial charge is 0.434 e. The van der Waals surface area contributed by atoms with Gasteiger partial charge in [-0.1, -0.05) is 28.1 Å². The third-order valence-corrected chi connectivity index (χ3v) is 4.64. The number of hydrogen-bond donors (Lipinski definition) is 2. The van der Waals surface area contributed by atoms with Crippen LogP contribution in [0.3, 0.4) is 0 Å². The van der Waals surface area contributed by atoms with Crippen LogP contribution in [0.15, 0.2) is 45.7 Å². The highest BCUT2D eigenvalue weighted by Crippen LogP contribution is 2.34. The minimum Gasteiger partial charge on any atom is -0.434 e. The van der Waals surface area contributed by atoms with Crippen molar-refractivity contribution < 1.29 is 18.6 Å². The van der Waals surface area contributed by atoms with E-state index in [0.29, 0.717) is 16.5 Å². The van der Waals surface area contributed by atoms with E-state index < -0.39 is 12.7 Å². The van der Waals surface area contributed by atoms with Crippen molar-refractivity contribution in [3.05, 3.63) is 62.4 Å². The third kappa shape index (κ3) is 3.66. The van der Waals surface area contributed by atoms with Crippen LogP contribution in [0.1, 0.15) is 23.6 Å². The first-order valence-electron chi connectivity index (χ1n) is 7.96.